The third-order valence-corrected chi connectivity index (χ3v) is 6.87. The van der Waals surface area contributed by atoms with Crippen LogP contribution in [0.3, 0.4) is 0 Å². The van der Waals surface area contributed by atoms with Crippen LogP contribution in [-0.4, -0.2) is 72.5 Å². The van der Waals surface area contributed by atoms with Gasteiger partial charge in [-0.1, -0.05) is 6.07 Å². The summed E-state index contributed by atoms with van der Waals surface area (Å²) in [7, 11) is -1.44. The van der Waals surface area contributed by atoms with E-state index in [2.05, 4.69) is 15.3 Å². The van der Waals surface area contributed by atoms with E-state index in [1.807, 2.05) is 18.2 Å². The van der Waals surface area contributed by atoms with Crippen molar-refractivity contribution in [3.8, 4) is 5.88 Å². The first-order valence-corrected chi connectivity index (χ1v) is 12.3. The average molecular weight is 529 g/mol. The fraction of sp³-hybridized carbons (Fsp3) is 0.333. The minimum Gasteiger partial charge on any atom is -0.542 e. The van der Waals surface area contributed by atoms with Gasteiger partial charge < -0.3 is 24.9 Å². The molecular formula is C21H22F3N5O6S. The highest BCUT2D eigenvalue weighted by Gasteiger charge is 2.29. The second kappa shape index (κ2) is 10.9. The molecule has 1 aliphatic rings. The van der Waals surface area contributed by atoms with E-state index in [0.29, 0.717) is 31.2 Å². The number of carboxylic acids is 1. The van der Waals surface area contributed by atoms with Gasteiger partial charge >= 0.3 is 6.18 Å². The van der Waals surface area contributed by atoms with Crippen LogP contribution < -0.4 is 20.1 Å². The summed E-state index contributed by atoms with van der Waals surface area (Å²) in [6.07, 6.45) is -1.82. The predicted molar refractivity (Wildman–Crippen MR) is 118 cm³/mol. The number of nitrogens with one attached hydrogen (secondary N) is 2. The maximum atomic E-state index is 12.9. The molecule has 0 unspecified atom stereocenters. The van der Waals surface area contributed by atoms with Gasteiger partial charge in [-0.2, -0.15) is 13.2 Å². The van der Waals surface area contributed by atoms with Crippen molar-refractivity contribution in [1.29, 1.82) is 0 Å². The highest BCUT2D eigenvalue weighted by atomic mass is 32.2. The van der Waals surface area contributed by atoms with Crippen LogP contribution in [-0.2, 0) is 21.2 Å². The monoisotopic (exact) mass is 529 g/mol. The lowest BCUT2D eigenvalue weighted by atomic mass is 10.3. The molecule has 3 aromatic rings. The average Bonchev–Trinajstić information content (AvgIpc) is 3.19. The lowest BCUT2D eigenvalue weighted by molar-refractivity contribution is -0.910. The first-order chi connectivity index (χ1) is 16.9. The van der Waals surface area contributed by atoms with Gasteiger partial charge in [-0.05, 0) is 24.3 Å². The van der Waals surface area contributed by atoms with Crippen LogP contribution in [0.2, 0.25) is 0 Å². The summed E-state index contributed by atoms with van der Waals surface area (Å²) in [6.45, 7) is 1.65. The fourth-order valence-corrected chi connectivity index (χ4v) is 4.86. The number of anilines is 1. The van der Waals surface area contributed by atoms with Crippen molar-refractivity contribution in [2.45, 2.75) is 12.7 Å². The van der Waals surface area contributed by atoms with Crippen LogP contribution in [0.15, 0.2) is 42.7 Å². The summed E-state index contributed by atoms with van der Waals surface area (Å²) >= 11 is 0. The van der Waals surface area contributed by atoms with Gasteiger partial charge in [-0.25, -0.2) is 18.4 Å². The molecule has 11 nitrogen and oxygen atoms in total. The number of halogens is 3. The molecule has 1 aliphatic heterocycles. The van der Waals surface area contributed by atoms with Crippen molar-refractivity contribution in [2.75, 3.05) is 37.0 Å². The standard InChI is InChI=1S/C19H21N5O4S.C2HF3O2/c1-28-19-14(5-4-7-20-19)22-18(25)17-21-15(16-6-2-3-8-24(16)17)13-23-9-11-29(26,27)12-10-23;3-2(4,5)1(6)7/h2-8H,9-13H2,1H3,(H,22,25);(H,6,7). The lowest BCUT2D eigenvalue weighted by Crippen LogP contribution is -3.13. The molecular weight excluding hydrogens is 507 g/mol. The van der Waals surface area contributed by atoms with Gasteiger partial charge in [-0.3, -0.25) is 9.20 Å². The first-order valence-electron chi connectivity index (χ1n) is 10.5. The molecule has 2 N–H and O–H groups in total. The minimum atomic E-state index is -5.19. The molecule has 1 saturated heterocycles. The predicted octanol–water partition coefficient (Wildman–Crippen LogP) is -0.898. The van der Waals surface area contributed by atoms with Gasteiger partial charge in [0.05, 0.1) is 37.2 Å². The number of carbonyl (C=O) groups is 2. The number of aromatic nitrogens is 3. The molecule has 4 heterocycles. The maximum absolute atomic E-state index is 12.9. The van der Waals surface area contributed by atoms with Crippen molar-refractivity contribution >= 4 is 32.9 Å². The number of pyridine rings is 2. The van der Waals surface area contributed by atoms with Gasteiger partial charge in [0, 0.05) is 12.4 Å². The Kier molecular flexibility index (Phi) is 8.14. The van der Waals surface area contributed by atoms with Crippen LogP contribution in [0.5, 0.6) is 5.88 Å². The highest BCUT2D eigenvalue weighted by molar-refractivity contribution is 7.91. The number of alkyl halides is 3. The second-order valence-corrected chi connectivity index (χ2v) is 10.0. The quantitative estimate of drug-likeness (QED) is 0.432. The van der Waals surface area contributed by atoms with Crippen molar-refractivity contribution < 1.29 is 45.9 Å². The molecule has 1 amide bonds. The topological polar surface area (TPSA) is 147 Å². The summed E-state index contributed by atoms with van der Waals surface area (Å²) in [5, 5.41) is 11.6. The molecule has 0 atom stereocenters. The number of nitrogens with zero attached hydrogens (tertiary/aromatic N) is 3. The number of quaternary nitrogens is 1. The second-order valence-electron chi connectivity index (χ2n) is 7.72. The Morgan fingerprint density at radius 1 is 1.19 bits per heavy atom. The summed E-state index contributed by atoms with van der Waals surface area (Å²) in [6, 6.07) is 9.05. The number of amides is 1. The molecule has 0 spiro atoms. The molecule has 1 fully saturated rings. The highest BCUT2D eigenvalue weighted by Crippen LogP contribution is 2.21. The van der Waals surface area contributed by atoms with Gasteiger partial charge in [0.15, 0.2) is 9.84 Å². The molecule has 4 rings (SSSR count). The van der Waals surface area contributed by atoms with E-state index >= 15 is 0 Å². The van der Waals surface area contributed by atoms with E-state index < -0.39 is 22.0 Å². The molecule has 0 aliphatic carbocycles. The number of methoxy groups -OCH3 is 1. The number of hydrogen-bond donors (Lipinski definition) is 2. The SMILES string of the molecule is COc1ncccc1NC(=O)c1nc(C[NH+]2CCS(=O)(=O)CC2)c2ccccn12.O=C([O-])C(F)(F)F. The lowest BCUT2D eigenvalue weighted by Gasteiger charge is -2.22. The zero-order chi connectivity index (χ0) is 26.5. The van der Waals surface area contributed by atoms with Crippen molar-refractivity contribution in [1.82, 2.24) is 14.4 Å². The number of fused-ring (bicyclic) bond motifs is 1. The molecule has 0 bridgehead atoms. The number of rotatable bonds is 5. The van der Waals surface area contributed by atoms with Gasteiger partial charge in [0.1, 0.15) is 23.9 Å². The number of hydrogen-bond acceptors (Lipinski definition) is 8. The Bertz CT molecular complexity index is 1350. The Hall–Kier alpha value is -3.72. The van der Waals surface area contributed by atoms with E-state index in [-0.39, 0.29) is 23.2 Å². The number of ether oxygens (including phenoxy) is 1. The number of imidazole rings is 1. The number of carboxylic acid groups (broad SMARTS) is 1. The maximum Gasteiger partial charge on any atom is 0.430 e. The third-order valence-electron chi connectivity index (χ3n) is 5.22. The normalized spacial score (nSPS) is 15.6. The van der Waals surface area contributed by atoms with E-state index in [4.69, 9.17) is 14.6 Å². The van der Waals surface area contributed by atoms with Crippen molar-refractivity contribution in [3.63, 3.8) is 0 Å². The Morgan fingerprint density at radius 2 is 1.86 bits per heavy atom. The van der Waals surface area contributed by atoms with E-state index in [9.17, 15) is 26.4 Å². The minimum absolute atomic E-state index is 0.183. The summed E-state index contributed by atoms with van der Waals surface area (Å²) in [5.74, 6) is -2.44. The van der Waals surface area contributed by atoms with Crippen LogP contribution in [0.4, 0.5) is 18.9 Å². The van der Waals surface area contributed by atoms with Gasteiger partial charge in [-0.15, -0.1) is 0 Å². The van der Waals surface area contributed by atoms with Crippen LogP contribution in [0, 0.1) is 0 Å². The summed E-state index contributed by atoms with van der Waals surface area (Å²) in [4.78, 5) is 31.5. The summed E-state index contributed by atoms with van der Waals surface area (Å²) in [5.41, 5.74) is 2.06. The number of sulfone groups is 1. The number of aliphatic carboxylic acids is 1. The molecule has 0 aromatic carbocycles. The Balaban J connectivity index is 0.000000454. The van der Waals surface area contributed by atoms with Crippen molar-refractivity contribution in [2.24, 2.45) is 0 Å². The van der Waals surface area contributed by atoms with Crippen molar-refractivity contribution in [3.05, 3.63) is 54.2 Å². The van der Waals surface area contributed by atoms with E-state index in [1.165, 1.54) is 7.11 Å². The zero-order valence-electron chi connectivity index (χ0n) is 18.9. The third kappa shape index (κ3) is 6.69. The molecule has 15 heteroatoms. The fourth-order valence-electron chi connectivity index (χ4n) is 3.46. The molecule has 36 heavy (non-hydrogen) atoms. The van der Waals surface area contributed by atoms with Crippen LogP contribution in [0.25, 0.3) is 5.52 Å². The van der Waals surface area contributed by atoms with Gasteiger partial charge in [0.25, 0.3) is 5.91 Å². The first kappa shape index (κ1) is 26.9. The summed E-state index contributed by atoms with van der Waals surface area (Å²) < 4.78 is 61.8. The number of carbonyl (C=O) groups excluding carboxylic acids is 2. The van der Waals surface area contributed by atoms with E-state index in [0.717, 1.165) is 16.1 Å². The molecule has 194 valence electrons. The zero-order valence-corrected chi connectivity index (χ0v) is 19.7. The Morgan fingerprint density at radius 3 is 2.47 bits per heavy atom. The molecule has 0 saturated carbocycles. The van der Waals surface area contributed by atoms with E-state index in [1.54, 1.807) is 28.9 Å². The molecule has 0 radical (unpaired) electrons. The van der Waals surface area contributed by atoms with Crippen LogP contribution >= 0.6 is 0 Å². The Labute approximate surface area is 203 Å². The smallest absolute Gasteiger partial charge is 0.430 e. The largest absolute Gasteiger partial charge is 0.542 e. The van der Waals surface area contributed by atoms with Crippen LogP contribution in [0.1, 0.15) is 16.3 Å². The van der Waals surface area contributed by atoms with Gasteiger partial charge in [0.2, 0.25) is 11.7 Å². The molecule has 3 aromatic heterocycles.